The van der Waals surface area contributed by atoms with Crippen LogP contribution in [0, 0.1) is 12.8 Å². The van der Waals surface area contributed by atoms with Gasteiger partial charge in [0.25, 0.3) is 0 Å². The van der Waals surface area contributed by atoms with Crippen LogP contribution < -0.4 is 20.1 Å². The highest BCUT2D eigenvalue weighted by Crippen LogP contribution is 2.32. The minimum atomic E-state index is -0.0518. The van der Waals surface area contributed by atoms with Gasteiger partial charge in [-0.05, 0) is 42.8 Å². The third-order valence-electron chi connectivity index (χ3n) is 4.91. The van der Waals surface area contributed by atoms with E-state index in [1.807, 2.05) is 62.4 Å². The first-order valence-corrected chi connectivity index (χ1v) is 10.5. The molecule has 0 aromatic heterocycles. The van der Waals surface area contributed by atoms with Gasteiger partial charge in [-0.3, -0.25) is 4.79 Å². The summed E-state index contributed by atoms with van der Waals surface area (Å²) in [5, 5.41) is 6.31. The van der Waals surface area contributed by atoms with E-state index < -0.39 is 0 Å². The van der Waals surface area contributed by atoms with Crippen LogP contribution in [-0.4, -0.2) is 13.0 Å². The van der Waals surface area contributed by atoms with Gasteiger partial charge in [0.05, 0.1) is 7.11 Å². The number of amides is 1. The molecule has 0 saturated carbocycles. The third kappa shape index (κ3) is 6.25. The molecule has 3 aromatic rings. The summed E-state index contributed by atoms with van der Waals surface area (Å²) in [6, 6.07) is 21.8. The molecule has 5 heteroatoms. The molecule has 5 nitrogen and oxygen atoms in total. The molecule has 2 N–H and O–H groups in total. The SMILES string of the molecule is COc1cccc(CNc2ccc(NC(=O)C(C)C)cc2)c1OCc1cccc(C)c1. The summed E-state index contributed by atoms with van der Waals surface area (Å²) < 4.78 is 11.7. The number of rotatable bonds is 9. The summed E-state index contributed by atoms with van der Waals surface area (Å²) in [6.07, 6.45) is 0. The summed E-state index contributed by atoms with van der Waals surface area (Å²) in [7, 11) is 1.65. The maximum absolute atomic E-state index is 11.8. The van der Waals surface area contributed by atoms with Gasteiger partial charge in [-0.25, -0.2) is 0 Å². The first-order valence-electron chi connectivity index (χ1n) is 10.5. The summed E-state index contributed by atoms with van der Waals surface area (Å²) in [4.78, 5) is 11.8. The summed E-state index contributed by atoms with van der Waals surface area (Å²) >= 11 is 0. The zero-order chi connectivity index (χ0) is 22.2. The fourth-order valence-electron chi connectivity index (χ4n) is 3.14. The van der Waals surface area contributed by atoms with Crippen LogP contribution in [0.5, 0.6) is 11.5 Å². The zero-order valence-corrected chi connectivity index (χ0v) is 18.6. The zero-order valence-electron chi connectivity index (χ0n) is 18.6. The lowest BCUT2D eigenvalue weighted by Crippen LogP contribution is -2.17. The number of ether oxygens (including phenoxy) is 2. The summed E-state index contributed by atoms with van der Waals surface area (Å²) in [5.41, 5.74) is 5.06. The molecule has 0 aliphatic rings. The third-order valence-corrected chi connectivity index (χ3v) is 4.91. The van der Waals surface area contributed by atoms with E-state index in [-0.39, 0.29) is 11.8 Å². The number of para-hydroxylation sites is 1. The number of hydrogen-bond acceptors (Lipinski definition) is 4. The maximum atomic E-state index is 11.8. The molecule has 0 aliphatic heterocycles. The Morgan fingerprint density at radius 1 is 0.968 bits per heavy atom. The van der Waals surface area contributed by atoms with E-state index in [9.17, 15) is 4.79 Å². The van der Waals surface area contributed by atoms with E-state index in [2.05, 4.69) is 35.8 Å². The first kappa shape index (κ1) is 22.2. The predicted octanol–water partition coefficient (Wildman–Crippen LogP) is 5.79. The minimum Gasteiger partial charge on any atom is -0.493 e. The second-order valence-corrected chi connectivity index (χ2v) is 7.80. The van der Waals surface area contributed by atoms with Crippen molar-refractivity contribution in [1.29, 1.82) is 0 Å². The largest absolute Gasteiger partial charge is 0.493 e. The van der Waals surface area contributed by atoms with Crippen molar-refractivity contribution in [2.45, 2.75) is 33.9 Å². The molecule has 0 radical (unpaired) electrons. The monoisotopic (exact) mass is 418 g/mol. The van der Waals surface area contributed by atoms with Crippen LogP contribution in [0.25, 0.3) is 0 Å². The Balaban J connectivity index is 1.67. The van der Waals surface area contributed by atoms with Gasteiger partial charge in [0.2, 0.25) is 5.91 Å². The van der Waals surface area contributed by atoms with Gasteiger partial charge in [0, 0.05) is 29.4 Å². The highest BCUT2D eigenvalue weighted by molar-refractivity contribution is 5.92. The summed E-state index contributed by atoms with van der Waals surface area (Å²) in [6.45, 7) is 6.87. The number of carbonyl (C=O) groups excluding carboxylic acids is 1. The molecular weight excluding hydrogens is 388 g/mol. The van der Waals surface area contributed by atoms with E-state index in [0.29, 0.717) is 18.9 Å². The van der Waals surface area contributed by atoms with Crippen molar-refractivity contribution in [3.63, 3.8) is 0 Å². The van der Waals surface area contributed by atoms with Crippen molar-refractivity contribution >= 4 is 17.3 Å². The molecule has 1 amide bonds. The van der Waals surface area contributed by atoms with E-state index in [1.54, 1.807) is 7.11 Å². The van der Waals surface area contributed by atoms with E-state index in [0.717, 1.165) is 28.3 Å². The Hall–Kier alpha value is -3.47. The molecule has 0 unspecified atom stereocenters. The topological polar surface area (TPSA) is 59.6 Å². The molecule has 0 saturated heterocycles. The number of nitrogens with one attached hydrogen (secondary N) is 2. The average molecular weight is 419 g/mol. The molecule has 3 aromatic carbocycles. The van der Waals surface area contributed by atoms with Crippen LogP contribution in [-0.2, 0) is 17.9 Å². The number of carbonyl (C=O) groups is 1. The Kier molecular flexibility index (Phi) is 7.55. The van der Waals surface area contributed by atoms with Crippen LogP contribution in [0.1, 0.15) is 30.5 Å². The fraction of sp³-hybridized carbons (Fsp3) is 0.269. The second kappa shape index (κ2) is 10.5. The highest BCUT2D eigenvalue weighted by atomic mass is 16.5. The highest BCUT2D eigenvalue weighted by Gasteiger charge is 2.12. The molecule has 0 atom stereocenters. The van der Waals surface area contributed by atoms with Crippen molar-refractivity contribution in [3.8, 4) is 11.5 Å². The van der Waals surface area contributed by atoms with Crippen molar-refractivity contribution < 1.29 is 14.3 Å². The van der Waals surface area contributed by atoms with Gasteiger partial charge in [-0.2, -0.15) is 0 Å². The average Bonchev–Trinajstić information content (AvgIpc) is 2.77. The van der Waals surface area contributed by atoms with Crippen LogP contribution >= 0.6 is 0 Å². The summed E-state index contributed by atoms with van der Waals surface area (Å²) in [5.74, 6) is 1.40. The Morgan fingerprint density at radius 3 is 2.35 bits per heavy atom. The lowest BCUT2D eigenvalue weighted by Gasteiger charge is -2.16. The number of benzene rings is 3. The molecule has 31 heavy (non-hydrogen) atoms. The molecule has 0 aliphatic carbocycles. The molecule has 0 bridgehead atoms. The molecular formula is C26H30N2O3. The quantitative estimate of drug-likeness (QED) is 0.462. The van der Waals surface area contributed by atoms with Crippen molar-refractivity contribution in [3.05, 3.63) is 83.4 Å². The van der Waals surface area contributed by atoms with Crippen molar-refractivity contribution in [2.75, 3.05) is 17.7 Å². The number of aryl methyl sites for hydroxylation is 1. The minimum absolute atomic E-state index is 0.00694. The fourth-order valence-corrected chi connectivity index (χ4v) is 3.14. The Labute approximate surface area is 184 Å². The van der Waals surface area contributed by atoms with Gasteiger partial charge in [-0.1, -0.05) is 55.8 Å². The Bertz CT molecular complexity index is 1010. The van der Waals surface area contributed by atoms with Gasteiger partial charge >= 0.3 is 0 Å². The normalized spacial score (nSPS) is 10.6. The van der Waals surface area contributed by atoms with Crippen LogP contribution in [0.4, 0.5) is 11.4 Å². The standard InChI is InChI=1S/C26H30N2O3/c1-18(2)26(29)28-23-13-11-22(12-14-23)27-16-21-9-6-10-24(30-4)25(21)31-17-20-8-5-7-19(3)15-20/h5-15,18,27H,16-17H2,1-4H3,(H,28,29). The molecule has 0 spiro atoms. The lowest BCUT2D eigenvalue weighted by atomic mass is 10.1. The number of anilines is 2. The smallest absolute Gasteiger partial charge is 0.226 e. The number of methoxy groups -OCH3 is 1. The van der Waals surface area contributed by atoms with E-state index in [4.69, 9.17) is 9.47 Å². The molecule has 162 valence electrons. The van der Waals surface area contributed by atoms with Gasteiger partial charge in [-0.15, -0.1) is 0 Å². The lowest BCUT2D eigenvalue weighted by molar-refractivity contribution is -0.118. The predicted molar refractivity (Wildman–Crippen MR) is 126 cm³/mol. The Morgan fingerprint density at radius 2 is 1.68 bits per heavy atom. The van der Waals surface area contributed by atoms with Crippen LogP contribution in [0.2, 0.25) is 0 Å². The van der Waals surface area contributed by atoms with Crippen LogP contribution in [0.15, 0.2) is 66.7 Å². The van der Waals surface area contributed by atoms with E-state index in [1.165, 1.54) is 5.56 Å². The van der Waals surface area contributed by atoms with Gasteiger partial charge < -0.3 is 20.1 Å². The maximum Gasteiger partial charge on any atom is 0.226 e. The number of hydrogen-bond donors (Lipinski definition) is 2. The first-order chi connectivity index (χ1) is 15.0. The molecule has 0 heterocycles. The molecule has 0 fully saturated rings. The van der Waals surface area contributed by atoms with Gasteiger partial charge in [0.15, 0.2) is 11.5 Å². The van der Waals surface area contributed by atoms with Crippen molar-refractivity contribution in [2.24, 2.45) is 5.92 Å². The van der Waals surface area contributed by atoms with Crippen molar-refractivity contribution in [1.82, 2.24) is 0 Å². The van der Waals surface area contributed by atoms with Gasteiger partial charge in [0.1, 0.15) is 6.61 Å². The second-order valence-electron chi connectivity index (χ2n) is 7.80. The van der Waals surface area contributed by atoms with E-state index >= 15 is 0 Å². The molecule has 3 rings (SSSR count). The van der Waals surface area contributed by atoms with Crippen LogP contribution in [0.3, 0.4) is 0 Å².